The fraction of sp³-hybridized carbons (Fsp3) is 0.538. The minimum Gasteiger partial charge on any atom is -0.379 e. The van der Waals surface area contributed by atoms with Crippen LogP contribution in [0.2, 0.25) is 0 Å². The van der Waals surface area contributed by atoms with Gasteiger partial charge in [0.1, 0.15) is 5.69 Å². The summed E-state index contributed by atoms with van der Waals surface area (Å²) in [6.07, 6.45) is -4.07. The minimum absolute atomic E-state index is 0.0555. The van der Waals surface area contributed by atoms with Crippen LogP contribution >= 0.6 is 0 Å². The molecule has 0 aliphatic carbocycles. The molecule has 0 amide bonds. The molecule has 5 nitrogen and oxygen atoms in total. The van der Waals surface area contributed by atoms with Gasteiger partial charge in [-0.25, -0.2) is 0 Å². The molecule has 0 saturated carbocycles. The molecule has 1 rings (SSSR count). The van der Waals surface area contributed by atoms with E-state index in [1.807, 2.05) is 13.8 Å². The Morgan fingerprint density at radius 3 is 2.43 bits per heavy atom. The van der Waals surface area contributed by atoms with Crippen molar-refractivity contribution in [2.24, 2.45) is 0 Å². The lowest BCUT2D eigenvalue weighted by Gasteiger charge is -2.23. The quantitative estimate of drug-likeness (QED) is 0.640. The number of nitro groups is 1. The van der Waals surface area contributed by atoms with Gasteiger partial charge in [-0.1, -0.05) is 0 Å². The second-order valence-corrected chi connectivity index (χ2v) is 5.13. The predicted molar refractivity (Wildman–Crippen MR) is 72.3 cm³/mol. The van der Waals surface area contributed by atoms with E-state index in [-0.39, 0.29) is 5.69 Å². The number of halogens is 3. The van der Waals surface area contributed by atoms with E-state index in [4.69, 9.17) is 4.74 Å². The summed E-state index contributed by atoms with van der Waals surface area (Å²) in [5.74, 6) is 0. The average Bonchev–Trinajstić information content (AvgIpc) is 2.37. The third kappa shape index (κ3) is 4.89. The van der Waals surface area contributed by atoms with E-state index in [0.29, 0.717) is 19.0 Å². The first-order valence-electron chi connectivity index (χ1n) is 6.21. The van der Waals surface area contributed by atoms with Gasteiger partial charge in [-0.15, -0.1) is 0 Å². The smallest absolute Gasteiger partial charge is 0.379 e. The van der Waals surface area contributed by atoms with Crippen LogP contribution in [-0.2, 0) is 10.9 Å². The number of rotatable bonds is 6. The van der Waals surface area contributed by atoms with Gasteiger partial charge in [0, 0.05) is 19.7 Å². The molecule has 1 aromatic rings. The first kappa shape index (κ1) is 17.2. The van der Waals surface area contributed by atoms with Crippen LogP contribution in [-0.4, -0.2) is 24.2 Å². The minimum atomic E-state index is -4.61. The van der Waals surface area contributed by atoms with E-state index in [2.05, 4.69) is 5.32 Å². The molecule has 0 aliphatic rings. The van der Waals surface area contributed by atoms with E-state index < -0.39 is 28.0 Å². The van der Waals surface area contributed by atoms with Gasteiger partial charge < -0.3 is 10.1 Å². The molecule has 0 unspecified atom stereocenters. The Bertz CT molecular complexity index is 516. The van der Waals surface area contributed by atoms with Crippen LogP contribution < -0.4 is 5.32 Å². The third-order valence-corrected chi connectivity index (χ3v) is 3.12. The highest BCUT2D eigenvalue weighted by molar-refractivity contribution is 5.62. The summed E-state index contributed by atoms with van der Waals surface area (Å²) in [5.41, 5.74) is -2.01. The maximum absolute atomic E-state index is 12.6. The molecule has 1 N–H and O–H groups in total. The highest BCUT2D eigenvalue weighted by Gasteiger charge is 2.33. The third-order valence-electron chi connectivity index (χ3n) is 3.12. The van der Waals surface area contributed by atoms with Crippen molar-refractivity contribution in [1.29, 1.82) is 0 Å². The average molecular weight is 306 g/mol. The van der Waals surface area contributed by atoms with E-state index in [9.17, 15) is 23.3 Å². The predicted octanol–water partition coefficient (Wildman–Crippen LogP) is 3.84. The van der Waals surface area contributed by atoms with Crippen molar-refractivity contribution in [3.8, 4) is 0 Å². The Labute approximate surface area is 120 Å². The molecule has 0 heterocycles. The van der Waals surface area contributed by atoms with Gasteiger partial charge in [0.25, 0.3) is 5.69 Å². The van der Waals surface area contributed by atoms with Crippen LogP contribution in [0.25, 0.3) is 0 Å². The first-order valence-corrected chi connectivity index (χ1v) is 6.21. The number of hydrogen-bond acceptors (Lipinski definition) is 4. The van der Waals surface area contributed by atoms with Gasteiger partial charge in [-0.05, 0) is 32.4 Å². The fourth-order valence-corrected chi connectivity index (χ4v) is 1.61. The van der Waals surface area contributed by atoms with Crippen LogP contribution in [0.1, 0.15) is 25.8 Å². The van der Waals surface area contributed by atoms with Gasteiger partial charge in [0.2, 0.25) is 0 Å². The summed E-state index contributed by atoms with van der Waals surface area (Å²) >= 11 is 0. The summed E-state index contributed by atoms with van der Waals surface area (Å²) in [6, 6.07) is 2.42. The SMILES string of the molecule is COC(C)(C)CCNc1ccc(C(F)(F)F)cc1[N+](=O)[O-]. The Morgan fingerprint density at radius 1 is 1.33 bits per heavy atom. The Kier molecular flexibility index (Phi) is 5.16. The molecular weight excluding hydrogens is 289 g/mol. The number of ether oxygens (including phenoxy) is 1. The molecule has 0 fully saturated rings. The summed E-state index contributed by atoms with van der Waals surface area (Å²) in [7, 11) is 1.54. The molecule has 21 heavy (non-hydrogen) atoms. The van der Waals surface area contributed by atoms with Crippen molar-refractivity contribution in [3.63, 3.8) is 0 Å². The lowest BCUT2D eigenvalue weighted by atomic mass is 10.1. The maximum atomic E-state index is 12.6. The van der Waals surface area contributed by atoms with E-state index >= 15 is 0 Å². The summed E-state index contributed by atoms with van der Waals surface area (Å²) in [6.45, 7) is 4.03. The number of anilines is 1. The fourth-order valence-electron chi connectivity index (χ4n) is 1.61. The molecule has 0 aromatic heterocycles. The van der Waals surface area contributed by atoms with Gasteiger partial charge >= 0.3 is 6.18 Å². The first-order chi connectivity index (χ1) is 9.57. The molecule has 1 aromatic carbocycles. The zero-order valence-corrected chi connectivity index (χ0v) is 12.0. The van der Waals surface area contributed by atoms with E-state index in [1.54, 1.807) is 7.11 Å². The van der Waals surface area contributed by atoms with Gasteiger partial charge in [0.05, 0.1) is 16.1 Å². The summed E-state index contributed by atoms with van der Waals surface area (Å²) in [4.78, 5) is 10.1. The standard InChI is InChI=1S/C13H17F3N2O3/c1-12(2,21-3)6-7-17-10-5-4-9(13(14,15)16)8-11(10)18(19)20/h4-5,8,17H,6-7H2,1-3H3. The van der Waals surface area contributed by atoms with Crippen molar-refractivity contribution in [3.05, 3.63) is 33.9 Å². The van der Waals surface area contributed by atoms with E-state index in [0.717, 1.165) is 12.1 Å². The molecule has 0 bridgehead atoms. The number of methoxy groups -OCH3 is 1. The largest absolute Gasteiger partial charge is 0.416 e. The number of nitrogens with zero attached hydrogens (tertiary/aromatic N) is 1. The van der Waals surface area contributed by atoms with Crippen molar-refractivity contribution in [2.45, 2.75) is 32.0 Å². The highest BCUT2D eigenvalue weighted by Crippen LogP contribution is 2.35. The van der Waals surface area contributed by atoms with Crippen LogP contribution in [0.15, 0.2) is 18.2 Å². The van der Waals surface area contributed by atoms with Gasteiger partial charge in [0.15, 0.2) is 0 Å². The number of nitrogens with one attached hydrogen (secondary N) is 1. The van der Waals surface area contributed by atoms with E-state index in [1.165, 1.54) is 0 Å². The zero-order chi connectivity index (χ0) is 16.3. The molecule has 0 atom stereocenters. The Hall–Kier alpha value is -1.83. The van der Waals surface area contributed by atoms with Crippen molar-refractivity contribution < 1.29 is 22.8 Å². The van der Waals surface area contributed by atoms with Crippen LogP contribution in [0.3, 0.4) is 0 Å². The van der Waals surface area contributed by atoms with Crippen molar-refractivity contribution in [2.75, 3.05) is 19.0 Å². The molecule has 118 valence electrons. The second kappa shape index (κ2) is 6.30. The van der Waals surface area contributed by atoms with Gasteiger partial charge in [-0.2, -0.15) is 13.2 Å². The topological polar surface area (TPSA) is 64.4 Å². The number of hydrogen-bond donors (Lipinski definition) is 1. The van der Waals surface area contributed by atoms with Crippen LogP contribution in [0.4, 0.5) is 24.5 Å². The normalized spacial score (nSPS) is 12.3. The highest BCUT2D eigenvalue weighted by atomic mass is 19.4. The zero-order valence-electron chi connectivity index (χ0n) is 12.0. The summed E-state index contributed by atoms with van der Waals surface area (Å²) in [5, 5.41) is 13.7. The summed E-state index contributed by atoms with van der Waals surface area (Å²) < 4.78 is 42.9. The molecule has 0 radical (unpaired) electrons. The monoisotopic (exact) mass is 306 g/mol. The Morgan fingerprint density at radius 2 is 1.95 bits per heavy atom. The van der Waals surface area contributed by atoms with Gasteiger partial charge in [-0.3, -0.25) is 10.1 Å². The van der Waals surface area contributed by atoms with Crippen molar-refractivity contribution >= 4 is 11.4 Å². The second-order valence-electron chi connectivity index (χ2n) is 5.13. The molecular formula is C13H17F3N2O3. The number of alkyl halides is 3. The Balaban J connectivity index is 2.90. The molecule has 0 spiro atoms. The van der Waals surface area contributed by atoms with Crippen LogP contribution in [0.5, 0.6) is 0 Å². The lowest BCUT2D eigenvalue weighted by Crippen LogP contribution is -2.25. The van der Waals surface area contributed by atoms with Crippen LogP contribution in [0, 0.1) is 10.1 Å². The van der Waals surface area contributed by atoms with Crippen molar-refractivity contribution in [1.82, 2.24) is 0 Å². The molecule has 0 saturated heterocycles. The number of benzene rings is 1. The molecule has 8 heteroatoms. The molecule has 0 aliphatic heterocycles. The number of nitro benzene ring substituents is 1. The maximum Gasteiger partial charge on any atom is 0.416 e. The lowest BCUT2D eigenvalue weighted by molar-refractivity contribution is -0.384.